The van der Waals surface area contributed by atoms with Gasteiger partial charge in [0, 0.05) is 27.7 Å². The number of ketones is 1. The standard InChI is InChI=1S/C18H20BrN5O2/c1-4-26-14-6-5-10(19)7-11(14)16-15-12(8-18(2,3)9-13(15)25)20-17-21-22-23-24(16)17/h5-7,16H,4,8-9H2,1-3H3,(H,20,21,23). The van der Waals surface area contributed by atoms with Crippen molar-refractivity contribution >= 4 is 27.7 Å². The van der Waals surface area contributed by atoms with Crippen molar-refractivity contribution < 1.29 is 9.53 Å². The van der Waals surface area contributed by atoms with E-state index in [2.05, 4.69) is 50.6 Å². The van der Waals surface area contributed by atoms with Crippen LogP contribution in [0.4, 0.5) is 5.95 Å². The lowest BCUT2D eigenvalue weighted by Crippen LogP contribution is -2.36. The Hall–Kier alpha value is -2.22. The molecule has 0 spiro atoms. The fraction of sp³-hybridized carbons (Fsp3) is 0.444. The fourth-order valence-corrected chi connectivity index (χ4v) is 4.16. The van der Waals surface area contributed by atoms with E-state index in [9.17, 15) is 4.79 Å². The zero-order valence-electron chi connectivity index (χ0n) is 14.9. The van der Waals surface area contributed by atoms with Crippen LogP contribution in [0, 0.1) is 5.41 Å². The largest absolute Gasteiger partial charge is 0.494 e. The van der Waals surface area contributed by atoms with Gasteiger partial charge in [0.2, 0.25) is 5.95 Å². The predicted molar refractivity (Wildman–Crippen MR) is 99.9 cm³/mol. The molecule has 1 unspecified atom stereocenters. The first kappa shape index (κ1) is 17.2. The third kappa shape index (κ3) is 2.82. The normalized spacial score (nSPS) is 21.1. The second-order valence-corrected chi connectivity index (χ2v) is 8.34. The molecule has 1 aromatic heterocycles. The number of allylic oxidation sites excluding steroid dienone is 2. The van der Waals surface area contributed by atoms with Gasteiger partial charge in [-0.05, 0) is 47.4 Å². The molecule has 0 saturated heterocycles. The molecule has 0 amide bonds. The van der Waals surface area contributed by atoms with Crippen LogP contribution in [-0.4, -0.2) is 32.6 Å². The number of nitrogens with one attached hydrogen (secondary N) is 1. The molecule has 1 aromatic carbocycles. The van der Waals surface area contributed by atoms with Gasteiger partial charge in [-0.25, -0.2) is 0 Å². The summed E-state index contributed by atoms with van der Waals surface area (Å²) in [7, 11) is 0. The van der Waals surface area contributed by atoms with E-state index in [1.807, 2.05) is 25.1 Å². The monoisotopic (exact) mass is 417 g/mol. The maximum Gasteiger partial charge on any atom is 0.248 e. The van der Waals surface area contributed by atoms with Gasteiger partial charge >= 0.3 is 0 Å². The predicted octanol–water partition coefficient (Wildman–Crippen LogP) is 3.49. The van der Waals surface area contributed by atoms with Gasteiger partial charge in [-0.2, -0.15) is 4.68 Å². The molecule has 26 heavy (non-hydrogen) atoms. The summed E-state index contributed by atoms with van der Waals surface area (Å²) in [4.78, 5) is 13.1. The Labute approximate surface area is 159 Å². The molecule has 2 aliphatic rings. The van der Waals surface area contributed by atoms with Gasteiger partial charge in [0.25, 0.3) is 0 Å². The SMILES string of the molecule is CCOc1ccc(Br)cc1C1C2=C(CC(C)(C)CC2=O)Nc2nnnn21. The molecule has 7 nitrogen and oxygen atoms in total. The summed E-state index contributed by atoms with van der Waals surface area (Å²) in [5, 5.41) is 15.3. The van der Waals surface area contributed by atoms with E-state index in [1.165, 1.54) is 0 Å². The second-order valence-electron chi connectivity index (χ2n) is 7.42. The number of hydrogen-bond acceptors (Lipinski definition) is 6. The molecule has 0 radical (unpaired) electrons. The third-order valence-electron chi connectivity index (χ3n) is 4.76. The minimum atomic E-state index is -0.404. The van der Waals surface area contributed by atoms with Crippen molar-refractivity contribution in [3.8, 4) is 5.75 Å². The summed E-state index contributed by atoms with van der Waals surface area (Å²) in [6.07, 6.45) is 1.27. The van der Waals surface area contributed by atoms with Crippen molar-refractivity contribution in [2.24, 2.45) is 5.41 Å². The first-order chi connectivity index (χ1) is 12.4. The van der Waals surface area contributed by atoms with Crippen LogP contribution < -0.4 is 10.1 Å². The summed E-state index contributed by atoms with van der Waals surface area (Å²) in [5.74, 6) is 1.40. The van der Waals surface area contributed by atoms with E-state index in [0.29, 0.717) is 19.0 Å². The molecule has 8 heteroatoms. The number of Topliss-reactive ketones (excluding diaryl/α,β-unsaturated/α-hetero) is 1. The van der Waals surface area contributed by atoms with Gasteiger partial charge in [0.15, 0.2) is 5.78 Å². The molecule has 1 N–H and O–H groups in total. The number of anilines is 1. The number of aromatic nitrogens is 4. The second kappa shape index (κ2) is 6.19. The van der Waals surface area contributed by atoms with Crippen LogP contribution in [-0.2, 0) is 4.79 Å². The van der Waals surface area contributed by atoms with Crippen LogP contribution in [0.2, 0.25) is 0 Å². The Morgan fingerprint density at radius 3 is 2.96 bits per heavy atom. The lowest BCUT2D eigenvalue weighted by Gasteiger charge is -2.38. The first-order valence-electron chi connectivity index (χ1n) is 8.63. The zero-order chi connectivity index (χ0) is 18.5. The van der Waals surface area contributed by atoms with E-state index in [1.54, 1.807) is 4.68 Å². The van der Waals surface area contributed by atoms with Gasteiger partial charge in [0.1, 0.15) is 11.8 Å². The van der Waals surface area contributed by atoms with E-state index < -0.39 is 6.04 Å². The van der Waals surface area contributed by atoms with E-state index in [0.717, 1.165) is 33.5 Å². The van der Waals surface area contributed by atoms with Crippen molar-refractivity contribution in [1.29, 1.82) is 0 Å². The van der Waals surface area contributed by atoms with Crippen molar-refractivity contribution in [3.63, 3.8) is 0 Å². The molecule has 1 atom stereocenters. The molecule has 0 bridgehead atoms. The highest BCUT2D eigenvalue weighted by Gasteiger charge is 2.42. The Morgan fingerprint density at radius 1 is 1.38 bits per heavy atom. The average Bonchev–Trinajstić information content (AvgIpc) is 3.01. The van der Waals surface area contributed by atoms with Crippen molar-refractivity contribution in [3.05, 3.63) is 39.5 Å². The Balaban J connectivity index is 1.93. The van der Waals surface area contributed by atoms with Crippen LogP contribution in [0.5, 0.6) is 5.75 Å². The van der Waals surface area contributed by atoms with E-state index >= 15 is 0 Å². The maximum absolute atomic E-state index is 13.1. The van der Waals surface area contributed by atoms with Gasteiger partial charge in [-0.1, -0.05) is 34.9 Å². The Bertz CT molecular complexity index is 918. The smallest absolute Gasteiger partial charge is 0.248 e. The molecule has 2 aromatic rings. The highest BCUT2D eigenvalue weighted by molar-refractivity contribution is 9.10. The van der Waals surface area contributed by atoms with Gasteiger partial charge < -0.3 is 10.1 Å². The molecule has 1 aliphatic heterocycles. The van der Waals surface area contributed by atoms with E-state index in [4.69, 9.17) is 4.74 Å². The molecule has 4 rings (SSSR count). The number of ether oxygens (including phenoxy) is 1. The quantitative estimate of drug-likeness (QED) is 0.822. The summed E-state index contributed by atoms with van der Waals surface area (Å²) >= 11 is 3.53. The van der Waals surface area contributed by atoms with Crippen LogP contribution in [0.3, 0.4) is 0 Å². The fourth-order valence-electron chi connectivity index (χ4n) is 3.78. The minimum absolute atomic E-state index is 0.0941. The molecule has 2 heterocycles. The number of rotatable bonds is 3. The number of tetrazole rings is 1. The molecule has 1 aliphatic carbocycles. The number of carbonyl (C=O) groups is 1. The van der Waals surface area contributed by atoms with Crippen molar-refractivity contribution in [2.75, 3.05) is 11.9 Å². The lowest BCUT2D eigenvalue weighted by molar-refractivity contribution is -0.118. The number of nitrogens with zero attached hydrogens (tertiary/aromatic N) is 4. The van der Waals surface area contributed by atoms with Crippen molar-refractivity contribution in [1.82, 2.24) is 20.2 Å². The van der Waals surface area contributed by atoms with Crippen LogP contribution in [0.15, 0.2) is 33.9 Å². The number of benzene rings is 1. The minimum Gasteiger partial charge on any atom is -0.494 e. The first-order valence-corrected chi connectivity index (χ1v) is 9.42. The number of carbonyl (C=O) groups excluding carboxylic acids is 1. The third-order valence-corrected chi connectivity index (χ3v) is 5.25. The topological polar surface area (TPSA) is 81.9 Å². The Morgan fingerprint density at radius 2 is 2.19 bits per heavy atom. The van der Waals surface area contributed by atoms with Gasteiger partial charge in [0.05, 0.1) is 6.61 Å². The molecule has 136 valence electrons. The van der Waals surface area contributed by atoms with Crippen LogP contribution in [0.1, 0.15) is 45.2 Å². The van der Waals surface area contributed by atoms with Gasteiger partial charge in [-0.15, -0.1) is 0 Å². The molecule has 0 saturated carbocycles. The summed E-state index contributed by atoms with van der Waals surface area (Å²) < 4.78 is 8.41. The number of hydrogen-bond donors (Lipinski definition) is 1. The van der Waals surface area contributed by atoms with Gasteiger partial charge in [-0.3, -0.25) is 4.79 Å². The van der Waals surface area contributed by atoms with Crippen LogP contribution >= 0.6 is 15.9 Å². The summed E-state index contributed by atoms with van der Waals surface area (Å²) in [6.45, 7) is 6.69. The Kier molecular flexibility index (Phi) is 4.10. The summed E-state index contributed by atoms with van der Waals surface area (Å²) in [5.41, 5.74) is 2.41. The summed E-state index contributed by atoms with van der Waals surface area (Å²) in [6, 6.07) is 5.41. The van der Waals surface area contributed by atoms with E-state index in [-0.39, 0.29) is 11.2 Å². The molecular formula is C18H20BrN5O2. The maximum atomic E-state index is 13.1. The number of halogens is 1. The average molecular weight is 418 g/mol. The highest BCUT2D eigenvalue weighted by Crippen LogP contribution is 2.46. The number of fused-ring (bicyclic) bond motifs is 1. The zero-order valence-corrected chi connectivity index (χ0v) is 16.5. The van der Waals surface area contributed by atoms with Crippen molar-refractivity contribution in [2.45, 2.75) is 39.7 Å². The van der Waals surface area contributed by atoms with Crippen LogP contribution in [0.25, 0.3) is 0 Å². The molecular weight excluding hydrogens is 398 g/mol. The highest BCUT2D eigenvalue weighted by atomic mass is 79.9. The molecule has 0 fully saturated rings. The lowest BCUT2D eigenvalue weighted by atomic mass is 9.73.